The number of aryl methyl sites for hydroxylation is 1. The van der Waals surface area contributed by atoms with Gasteiger partial charge in [-0.15, -0.1) is 0 Å². The fourth-order valence-electron chi connectivity index (χ4n) is 2.09. The van der Waals surface area contributed by atoms with Crippen LogP contribution >= 0.6 is 0 Å². The van der Waals surface area contributed by atoms with Gasteiger partial charge in [0.2, 0.25) is 0 Å². The lowest BCUT2D eigenvalue weighted by Gasteiger charge is -2.13. The third-order valence-corrected chi connectivity index (χ3v) is 2.96. The van der Waals surface area contributed by atoms with Crippen LogP contribution in [0.5, 0.6) is 0 Å². The van der Waals surface area contributed by atoms with Gasteiger partial charge in [-0.05, 0) is 25.0 Å². The first-order chi connectivity index (χ1) is 8.78. The van der Waals surface area contributed by atoms with E-state index in [4.69, 9.17) is 4.74 Å². The zero-order valence-electron chi connectivity index (χ0n) is 10.1. The first kappa shape index (κ1) is 10.9. The molecule has 0 aromatic carbocycles. The zero-order chi connectivity index (χ0) is 12.5. The molecule has 0 saturated heterocycles. The van der Waals surface area contributed by atoms with Gasteiger partial charge in [0.25, 0.3) is 0 Å². The zero-order valence-corrected chi connectivity index (χ0v) is 10.1. The fourth-order valence-corrected chi connectivity index (χ4v) is 2.09. The molecule has 0 bridgehead atoms. The van der Waals surface area contributed by atoms with E-state index in [1.165, 1.54) is 0 Å². The standard InChI is InChI=1S/C13H12N4O/c1-9-8-17-13(15-9)11(7-14)6-12(16-17)10-2-4-18-5-3-10/h2,6,8H,3-5H2,1H3. The van der Waals surface area contributed by atoms with Crippen molar-refractivity contribution in [3.05, 3.63) is 35.3 Å². The quantitative estimate of drug-likeness (QED) is 0.761. The molecule has 0 saturated carbocycles. The Balaban J connectivity index is 2.19. The summed E-state index contributed by atoms with van der Waals surface area (Å²) >= 11 is 0. The second-order valence-electron chi connectivity index (χ2n) is 4.26. The monoisotopic (exact) mass is 240 g/mol. The van der Waals surface area contributed by atoms with E-state index in [1.807, 2.05) is 19.2 Å². The minimum Gasteiger partial charge on any atom is -0.377 e. The highest BCUT2D eigenvalue weighted by Crippen LogP contribution is 2.21. The van der Waals surface area contributed by atoms with Gasteiger partial charge in [-0.3, -0.25) is 0 Å². The minimum atomic E-state index is 0.556. The van der Waals surface area contributed by atoms with E-state index >= 15 is 0 Å². The summed E-state index contributed by atoms with van der Waals surface area (Å²) in [6, 6.07) is 3.99. The predicted octanol–water partition coefficient (Wildman–Crippen LogP) is 1.71. The van der Waals surface area contributed by atoms with Crippen LogP contribution in [-0.4, -0.2) is 27.8 Å². The van der Waals surface area contributed by atoms with Crippen LogP contribution in [0.1, 0.15) is 23.4 Å². The summed E-state index contributed by atoms with van der Waals surface area (Å²) in [7, 11) is 0. The molecule has 90 valence electrons. The first-order valence-corrected chi connectivity index (χ1v) is 5.82. The summed E-state index contributed by atoms with van der Waals surface area (Å²) in [5.41, 5.74) is 4.00. The number of ether oxygens (including phenoxy) is 1. The summed E-state index contributed by atoms with van der Waals surface area (Å²) in [6.07, 6.45) is 4.68. The molecule has 5 heteroatoms. The van der Waals surface area contributed by atoms with Gasteiger partial charge in [0, 0.05) is 0 Å². The van der Waals surface area contributed by atoms with Gasteiger partial charge in [-0.25, -0.2) is 9.50 Å². The molecule has 0 unspecified atom stereocenters. The molecule has 0 aliphatic carbocycles. The van der Waals surface area contributed by atoms with E-state index in [-0.39, 0.29) is 0 Å². The Morgan fingerprint density at radius 1 is 1.50 bits per heavy atom. The lowest BCUT2D eigenvalue weighted by atomic mass is 10.1. The lowest BCUT2D eigenvalue weighted by Crippen LogP contribution is -2.07. The van der Waals surface area contributed by atoms with E-state index in [9.17, 15) is 5.26 Å². The van der Waals surface area contributed by atoms with Crippen LogP contribution in [-0.2, 0) is 4.74 Å². The SMILES string of the molecule is Cc1cn2nc(C3=CCOCC3)cc(C#N)c2n1. The number of hydrogen-bond donors (Lipinski definition) is 0. The molecule has 0 N–H and O–H groups in total. The highest BCUT2D eigenvalue weighted by Gasteiger charge is 2.13. The van der Waals surface area contributed by atoms with Crippen molar-refractivity contribution >= 4 is 11.2 Å². The van der Waals surface area contributed by atoms with Crippen molar-refractivity contribution in [3.8, 4) is 6.07 Å². The largest absolute Gasteiger partial charge is 0.377 e. The van der Waals surface area contributed by atoms with E-state index in [0.717, 1.165) is 23.4 Å². The maximum absolute atomic E-state index is 9.19. The Hall–Kier alpha value is -2.19. The molecule has 0 atom stereocenters. The molecule has 18 heavy (non-hydrogen) atoms. The van der Waals surface area contributed by atoms with Gasteiger partial charge in [0.1, 0.15) is 6.07 Å². The number of aromatic nitrogens is 3. The highest BCUT2D eigenvalue weighted by molar-refractivity contribution is 5.67. The van der Waals surface area contributed by atoms with Crippen molar-refractivity contribution in [1.29, 1.82) is 5.26 Å². The Morgan fingerprint density at radius 2 is 2.39 bits per heavy atom. The molecule has 1 aliphatic rings. The van der Waals surface area contributed by atoms with E-state index in [0.29, 0.717) is 24.4 Å². The molecule has 0 radical (unpaired) electrons. The summed E-state index contributed by atoms with van der Waals surface area (Å²) in [5.74, 6) is 0. The number of nitriles is 1. The topological polar surface area (TPSA) is 63.2 Å². The van der Waals surface area contributed by atoms with Crippen LogP contribution in [0.3, 0.4) is 0 Å². The molecule has 0 amide bonds. The van der Waals surface area contributed by atoms with Gasteiger partial charge in [0.15, 0.2) is 5.65 Å². The number of hydrogen-bond acceptors (Lipinski definition) is 4. The molecule has 1 aliphatic heterocycles. The van der Waals surface area contributed by atoms with Gasteiger partial charge in [-0.2, -0.15) is 10.4 Å². The molecule has 3 rings (SSSR count). The first-order valence-electron chi connectivity index (χ1n) is 5.82. The van der Waals surface area contributed by atoms with Crippen LogP contribution in [0.4, 0.5) is 0 Å². The van der Waals surface area contributed by atoms with Gasteiger partial charge >= 0.3 is 0 Å². The van der Waals surface area contributed by atoms with Crippen LogP contribution in [0.2, 0.25) is 0 Å². The Bertz CT molecular complexity index is 678. The molecule has 0 spiro atoms. The van der Waals surface area contributed by atoms with Crippen molar-refractivity contribution < 1.29 is 4.74 Å². The van der Waals surface area contributed by atoms with Crippen LogP contribution in [0, 0.1) is 18.3 Å². The van der Waals surface area contributed by atoms with Crippen molar-refractivity contribution in [1.82, 2.24) is 14.6 Å². The molecule has 5 nitrogen and oxygen atoms in total. The number of fused-ring (bicyclic) bond motifs is 1. The van der Waals surface area contributed by atoms with Crippen LogP contribution in [0.25, 0.3) is 11.2 Å². The Morgan fingerprint density at radius 3 is 3.11 bits per heavy atom. The average molecular weight is 240 g/mol. The maximum atomic E-state index is 9.19. The Kier molecular flexibility index (Phi) is 2.58. The Labute approximate surface area is 104 Å². The summed E-state index contributed by atoms with van der Waals surface area (Å²) < 4.78 is 6.96. The summed E-state index contributed by atoms with van der Waals surface area (Å²) in [4.78, 5) is 4.30. The molecular formula is C13H12N4O. The number of rotatable bonds is 1. The summed E-state index contributed by atoms with van der Waals surface area (Å²) in [5, 5.41) is 13.7. The number of nitrogens with zero attached hydrogens (tertiary/aromatic N) is 4. The average Bonchev–Trinajstić information content (AvgIpc) is 2.78. The normalized spacial score (nSPS) is 15.4. The highest BCUT2D eigenvalue weighted by atomic mass is 16.5. The lowest BCUT2D eigenvalue weighted by molar-refractivity contribution is 0.161. The van der Waals surface area contributed by atoms with E-state index < -0.39 is 0 Å². The number of imidazole rings is 1. The van der Waals surface area contributed by atoms with Crippen molar-refractivity contribution in [2.45, 2.75) is 13.3 Å². The second kappa shape index (κ2) is 4.24. The van der Waals surface area contributed by atoms with Crippen LogP contribution < -0.4 is 0 Å². The van der Waals surface area contributed by atoms with Gasteiger partial charge in [0.05, 0.1) is 36.4 Å². The second-order valence-corrected chi connectivity index (χ2v) is 4.26. The summed E-state index contributed by atoms with van der Waals surface area (Å²) in [6.45, 7) is 3.21. The van der Waals surface area contributed by atoms with Gasteiger partial charge < -0.3 is 4.74 Å². The smallest absolute Gasteiger partial charge is 0.171 e. The van der Waals surface area contributed by atoms with Crippen molar-refractivity contribution in [3.63, 3.8) is 0 Å². The van der Waals surface area contributed by atoms with Crippen molar-refractivity contribution in [2.75, 3.05) is 13.2 Å². The predicted molar refractivity (Wildman–Crippen MR) is 65.9 cm³/mol. The van der Waals surface area contributed by atoms with Crippen molar-refractivity contribution in [2.24, 2.45) is 0 Å². The molecular weight excluding hydrogens is 228 g/mol. The van der Waals surface area contributed by atoms with E-state index in [2.05, 4.69) is 16.2 Å². The van der Waals surface area contributed by atoms with Crippen LogP contribution in [0.15, 0.2) is 18.3 Å². The minimum absolute atomic E-state index is 0.556. The molecule has 3 heterocycles. The molecule has 0 fully saturated rings. The van der Waals surface area contributed by atoms with Gasteiger partial charge in [-0.1, -0.05) is 6.08 Å². The third-order valence-electron chi connectivity index (χ3n) is 2.96. The van der Waals surface area contributed by atoms with E-state index in [1.54, 1.807) is 10.6 Å². The molecule has 2 aromatic heterocycles. The maximum Gasteiger partial charge on any atom is 0.171 e. The molecule has 2 aromatic rings. The fraction of sp³-hybridized carbons (Fsp3) is 0.308. The third kappa shape index (κ3) is 1.77.